The van der Waals surface area contributed by atoms with Crippen molar-refractivity contribution in [2.45, 2.75) is 6.92 Å². The van der Waals surface area contributed by atoms with Crippen LogP contribution in [-0.2, 0) is 0 Å². The van der Waals surface area contributed by atoms with E-state index in [2.05, 4.69) is 51.4 Å². The molecule has 2 N–H and O–H groups in total. The molecule has 4 heteroatoms. The number of hydrogen-bond acceptors (Lipinski definition) is 2. The highest BCUT2D eigenvalue weighted by atomic mass is 15.1. The van der Waals surface area contributed by atoms with Gasteiger partial charge in [-0.15, -0.1) is 0 Å². The van der Waals surface area contributed by atoms with Crippen molar-refractivity contribution in [2.75, 3.05) is 0 Å². The fourth-order valence-electron chi connectivity index (χ4n) is 2.45. The quantitative estimate of drug-likeness (QED) is 0.582. The van der Waals surface area contributed by atoms with Gasteiger partial charge in [0.2, 0.25) is 0 Å². The van der Waals surface area contributed by atoms with Crippen LogP contribution in [0.15, 0.2) is 54.6 Å². The predicted molar refractivity (Wildman–Crippen MR) is 83.8 cm³/mol. The molecule has 0 radical (unpaired) electrons. The van der Waals surface area contributed by atoms with E-state index < -0.39 is 0 Å². The van der Waals surface area contributed by atoms with E-state index in [-0.39, 0.29) is 0 Å². The summed E-state index contributed by atoms with van der Waals surface area (Å²) < 4.78 is 0. The topological polar surface area (TPSA) is 57.4 Å². The van der Waals surface area contributed by atoms with E-state index in [4.69, 9.17) is 0 Å². The summed E-state index contributed by atoms with van der Waals surface area (Å²) in [5.74, 6) is 0.786. The number of aromatic amines is 2. The molecule has 0 saturated heterocycles. The van der Waals surface area contributed by atoms with Crippen LogP contribution in [0.25, 0.3) is 33.8 Å². The summed E-state index contributed by atoms with van der Waals surface area (Å²) in [4.78, 5) is 7.92. The molecular formula is C17H14N4. The molecule has 4 aromatic rings. The van der Waals surface area contributed by atoms with Gasteiger partial charge in [0.1, 0.15) is 5.69 Å². The van der Waals surface area contributed by atoms with E-state index in [0.717, 1.165) is 33.8 Å². The van der Waals surface area contributed by atoms with Crippen molar-refractivity contribution < 1.29 is 0 Å². The number of nitrogens with zero attached hydrogens (tertiary/aromatic N) is 2. The Morgan fingerprint density at radius 3 is 2.67 bits per heavy atom. The monoisotopic (exact) mass is 274 g/mol. The lowest BCUT2D eigenvalue weighted by atomic mass is 10.1. The van der Waals surface area contributed by atoms with Gasteiger partial charge in [-0.05, 0) is 36.2 Å². The minimum Gasteiger partial charge on any atom is -0.337 e. The fourth-order valence-corrected chi connectivity index (χ4v) is 2.45. The lowest BCUT2D eigenvalue weighted by Gasteiger charge is -1.93. The summed E-state index contributed by atoms with van der Waals surface area (Å²) in [6.45, 7) is 2.07. The first-order valence-corrected chi connectivity index (χ1v) is 6.87. The molecular weight excluding hydrogens is 260 g/mol. The van der Waals surface area contributed by atoms with Crippen molar-refractivity contribution in [3.63, 3.8) is 0 Å². The predicted octanol–water partition coefficient (Wildman–Crippen LogP) is 3.93. The van der Waals surface area contributed by atoms with Gasteiger partial charge in [0.05, 0.1) is 16.7 Å². The summed E-state index contributed by atoms with van der Waals surface area (Å²) in [6, 6.07) is 18.3. The normalized spacial score (nSPS) is 11.1. The van der Waals surface area contributed by atoms with E-state index >= 15 is 0 Å². The van der Waals surface area contributed by atoms with E-state index in [9.17, 15) is 0 Å². The molecule has 0 aliphatic rings. The highest BCUT2D eigenvalue weighted by Gasteiger charge is 2.10. The molecule has 2 aromatic heterocycles. The second-order valence-corrected chi connectivity index (χ2v) is 5.14. The first-order chi connectivity index (χ1) is 10.3. The van der Waals surface area contributed by atoms with Crippen LogP contribution in [-0.4, -0.2) is 20.2 Å². The average molecular weight is 274 g/mol. The Balaban J connectivity index is 1.77. The smallest absolute Gasteiger partial charge is 0.159 e. The minimum atomic E-state index is 0.786. The van der Waals surface area contributed by atoms with Gasteiger partial charge in [-0.2, -0.15) is 5.10 Å². The molecule has 4 nitrogen and oxygen atoms in total. The number of rotatable bonds is 2. The lowest BCUT2D eigenvalue weighted by Crippen LogP contribution is -1.79. The lowest BCUT2D eigenvalue weighted by molar-refractivity contribution is 1.09. The van der Waals surface area contributed by atoms with Gasteiger partial charge >= 0.3 is 0 Å². The van der Waals surface area contributed by atoms with Gasteiger partial charge < -0.3 is 4.98 Å². The molecule has 21 heavy (non-hydrogen) atoms. The summed E-state index contributed by atoms with van der Waals surface area (Å²) in [5, 5.41) is 7.43. The molecule has 2 aromatic carbocycles. The van der Waals surface area contributed by atoms with E-state index in [0.29, 0.717) is 0 Å². The Bertz CT molecular complexity index is 903. The van der Waals surface area contributed by atoms with Crippen molar-refractivity contribution in [2.24, 2.45) is 0 Å². The number of H-pyrrole nitrogens is 2. The maximum absolute atomic E-state index is 4.61. The fraction of sp³-hybridized carbons (Fsp3) is 0.0588. The standard InChI is InChI=1S/C17H14N4/c1-11-7-8-13-15(9-11)19-17(18-13)16-10-14(20-21-16)12-5-3-2-4-6-12/h2-10H,1H3,(H,18,19)(H,20,21). The molecule has 0 atom stereocenters. The summed E-state index contributed by atoms with van der Waals surface area (Å²) in [7, 11) is 0. The molecule has 0 unspecified atom stereocenters. The van der Waals surface area contributed by atoms with Gasteiger partial charge in [-0.25, -0.2) is 4.98 Å². The van der Waals surface area contributed by atoms with Crippen LogP contribution >= 0.6 is 0 Å². The molecule has 0 spiro atoms. The third-order valence-electron chi connectivity index (χ3n) is 3.54. The Morgan fingerprint density at radius 2 is 1.81 bits per heavy atom. The average Bonchev–Trinajstić information content (AvgIpc) is 3.14. The molecule has 0 fully saturated rings. The van der Waals surface area contributed by atoms with E-state index in [1.807, 2.05) is 30.3 Å². The van der Waals surface area contributed by atoms with Gasteiger partial charge in [-0.1, -0.05) is 36.4 Å². The van der Waals surface area contributed by atoms with E-state index in [1.165, 1.54) is 5.56 Å². The molecule has 2 heterocycles. The number of hydrogen-bond donors (Lipinski definition) is 2. The van der Waals surface area contributed by atoms with Crippen molar-refractivity contribution in [1.29, 1.82) is 0 Å². The molecule has 0 saturated carbocycles. The first-order valence-electron chi connectivity index (χ1n) is 6.87. The number of benzene rings is 2. The van der Waals surface area contributed by atoms with Crippen LogP contribution in [0.2, 0.25) is 0 Å². The zero-order valence-electron chi connectivity index (χ0n) is 11.6. The SMILES string of the molecule is Cc1ccc2[nH]c(-c3cc(-c4ccccc4)[nH]n3)nc2c1. The number of nitrogens with one attached hydrogen (secondary N) is 2. The van der Waals surface area contributed by atoms with Gasteiger partial charge in [-0.3, -0.25) is 5.10 Å². The van der Waals surface area contributed by atoms with Gasteiger partial charge in [0.15, 0.2) is 5.82 Å². The second kappa shape index (κ2) is 4.59. The summed E-state index contributed by atoms with van der Waals surface area (Å²) in [6.07, 6.45) is 0. The number of aromatic nitrogens is 4. The summed E-state index contributed by atoms with van der Waals surface area (Å²) >= 11 is 0. The van der Waals surface area contributed by atoms with Crippen molar-refractivity contribution >= 4 is 11.0 Å². The van der Waals surface area contributed by atoms with Gasteiger partial charge in [0, 0.05) is 0 Å². The Morgan fingerprint density at radius 1 is 0.952 bits per heavy atom. The number of aryl methyl sites for hydroxylation is 1. The second-order valence-electron chi connectivity index (χ2n) is 5.14. The number of fused-ring (bicyclic) bond motifs is 1. The van der Waals surface area contributed by atoms with Crippen LogP contribution < -0.4 is 0 Å². The highest BCUT2D eigenvalue weighted by Crippen LogP contribution is 2.24. The maximum atomic E-state index is 4.61. The highest BCUT2D eigenvalue weighted by molar-refractivity contribution is 5.80. The summed E-state index contributed by atoms with van der Waals surface area (Å²) in [5.41, 5.74) is 6.12. The maximum Gasteiger partial charge on any atom is 0.159 e. The third kappa shape index (κ3) is 2.10. The molecule has 102 valence electrons. The molecule has 0 amide bonds. The molecule has 0 aliphatic heterocycles. The van der Waals surface area contributed by atoms with Crippen molar-refractivity contribution in [3.8, 4) is 22.8 Å². The molecule has 0 bridgehead atoms. The Kier molecular flexibility index (Phi) is 2.60. The largest absolute Gasteiger partial charge is 0.337 e. The van der Waals surface area contributed by atoms with Gasteiger partial charge in [0.25, 0.3) is 0 Å². The van der Waals surface area contributed by atoms with Crippen LogP contribution in [0.4, 0.5) is 0 Å². The van der Waals surface area contributed by atoms with Crippen LogP contribution in [0.3, 0.4) is 0 Å². The third-order valence-corrected chi connectivity index (χ3v) is 3.54. The van der Waals surface area contributed by atoms with Crippen molar-refractivity contribution in [3.05, 3.63) is 60.2 Å². The van der Waals surface area contributed by atoms with Crippen LogP contribution in [0.5, 0.6) is 0 Å². The zero-order valence-corrected chi connectivity index (χ0v) is 11.6. The van der Waals surface area contributed by atoms with E-state index in [1.54, 1.807) is 0 Å². The van der Waals surface area contributed by atoms with Crippen molar-refractivity contribution in [1.82, 2.24) is 20.2 Å². The number of imidazole rings is 1. The Hall–Kier alpha value is -2.88. The Labute approximate surface area is 121 Å². The minimum absolute atomic E-state index is 0.786. The van der Waals surface area contributed by atoms with Crippen LogP contribution in [0, 0.1) is 6.92 Å². The van der Waals surface area contributed by atoms with Crippen LogP contribution in [0.1, 0.15) is 5.56 Å². The molecule has 0 aliphatic carbocycles. The molecule has 4 rings (SSSR count). The zero-order chi connectivity index (χ0) is 14.2. The first kappa shape index (κ1) is 11.9.